The van der Waals surface area contributed by atoms with Crippen LogP contribution in [0.2, 0.25) is 0 Å². The van der Waals surface area contributed by atoms with Crippen LogP contribution >= 0.6 is 15.9 Å². The van der Waals surface area contributed by atoms with E-state index in [2.05, 4.69) is 20.9 Å². The van der Waals surface area contributed by atoms with Crippen molar-refractivity contribution in [2.24, 2.45) is 4.99 Å². The number of aliphatic imine (C=N–C) groups is 1. The summed E-state index contributed by atoms with van der Waals surface area (Å²) in [6, 6.07) is 18.4. The Bertz CT molecular complexity index is 903. The molecule has 5 heteroatoms. The van der Waals surface area contributed by atoms with Gasteiger partial charge in [-0.1, -0.05) is 24.3 Å². The molecule has 0 aliphatic carbocycles. The van der Waals surface area contributed by atoms with Crippen molar-refractivity contribution in [3.05, 3.63) is 70.7 Å². The van der Waals surface area contributed by atoms with Gasteiger partial charge < -0.3 is 14.9 Å². The lowest BCUT2D eigenvalue weighted by molar-refractivity contribution is 0.372. The Balaban J connectivity index is 1.80. The maximum atomic E-state index is 9.83. The van der Waals surface area contributed by atoms with Crippen LogP contribution in [0.5, 0.6) is 17.2 Å². The predicted octanol–water partition coefficient (Wildman–Crippen LogP) is 5.29. The number of aromatic hydroxyl groups is 2. The number of methoxy groups -OCH3 is 1. The molecule has 0 unspecified atom stereocenters. The quantitative estimate of drug-likeness (QED) is 0.588. The lowest BCUT2D eigenvalue weighted by Gasteiger charge is -2.06. The minimum absolute atomic E-state index is 0.0675. The van der Waals surface area contributed by atoms with Gasteiger partial charge in [-0.05, 0) is 69.0 Å². The molecule has 0 radical (unpaired) electrons. The van der Waals surface area contributed by atoms with E-state index in [0.29, 0.717) is 10.2 Å². The molecule has 0 saturated carbocycles. The maximum Gasteiger partial charge on any atom is 0.172 e. The van der Waals surface area contributed by atoms with E-state index < -0.39 is 0 Å². The summed E-state index contributed by atoms with van der Waals surface area (Å²) in [7, 11) is 1.50. The number of halogens is 1. The van der Waals surface area contributed by atoms with Crippen LogP contribution in [0.15, 0.2) is 70.1 Å². The van der Waals surface area contributed by atoms with Gasteiger partial charge in [-0.15, -0.1) is 0 Å². The number of phenols is 2. The van der Waals surface area contributed by atoms with Crippen molar-refractivity contribution in [2.75, 3.05) is 7.11 Å². The van der Waals surface area contributed by atoms with Crippen molar-refractivity contribution in [3.63, 3.8) is 0 Å². The number of benzene rings is 3. The molecule has 0 amide bonds. The summed E-state index contributed by atoms with van der Waals surface area (Å²) in [5, 5.41) is 19.2. The highest BCUT2D eigenvalue weighted by molar-refractivity contribution is 9.10. The smallest absolute Gasteiger partial charge is 0.172 e. The van der Waals surface area contributed by atoms with E-state index in [1.54, 1.807) is 30.5 Å². The van der Waals surface area contributed by atoms with Gasteiger partial charge in [0.15, 0.2) is 11.5 Å². The number of hydrogen-bond acceptors (Lipinski definition) is 4. The Morgan fingerprint density at radius 2 is 1.52 bits per heavy atom. The first-order chi connectivity index (χ1) is 12.1. The molecule has 0 heterocycles. The number of phenolic OH excluding ortho intramolecular Hbond substituents is 2. The molecule has 0 aliphatic rings. The van der Waals surface area contributed by atoms with Gasteiger partial charge in [0.05, 0.1) is 17.3 Å². The molecule has 0 bridgehead atoms. The minimum atomic E-state index is 0.0675. The predicted molar refractivity (Wildman–Crippen MR) is 103 cm³/mol. The number of ether oxygens (including phenoxy) is 1. The van der Waals surface area contributed by atoms with E-state index in [1.165, 1.54) is 7.11 Å². The Hall–Kier alpha value is -2.79. The lowest BCUT2D eigenvalue weighted by Crippen LogP contribution is -1.88. The van der Waals surface area contributed by atoms with Crippen LogP contribution in [0.1, 0.15) is 5.56 Å². The van der Waals surface area contributed by atoms with Crippen molar-refractivity contribution in [2.45, 2.75) is 0 Å². The van der Waals surface area contributed by atoms with Crippen LogP contribution in [0.3, 0.4) is 0 Å². The molecule has 0 saturated heterocycles. The Labute approximate surface area is 154 Å². The van der Waals surface area contributed by atoms with Crippen LogP contribution in [0, 0.1) is 0 Å². The van der Waals surface area contributed by atoms with Crippen LogP contribution in [0.25, 0.3) is 11.1 Å². The Kier molecular flexibility index (Phi) is 5.05. The highest BCUT2D eigenvalue weighted by atomic mass is 79.9. The first-order valence-electron chi connectivity index (χ1n) is 7.57. The highest BCUT2D eigenvalue weighted by Gasteiger charge is 2.07. The van der Waals surface area contributed by atoms with Crippen molar-refractivity contribution in [1.82, 2.24) is 0 Å². The molecule has 0 atom stereocenters. The highest BCUT2D eigenvalue weighted by Crippen LogP contribution is 2.34. The number of hydrogen-bond donors (Lipinski definition) is 2. The average Bonchev–Trinajstić information content (AvgIpc) is 2.63. The molecule has 126 valence electrons. The fourth-order valence-electron chi connectivity index (χ4n) is 2.37. The molecule has 0 aromatic heterocycles. The number of nitrogens with zero attached hydrogens (tertiary/aromatic N) is 1. The zero-order valence-corrected chi connectivity index (χ0v) is 15.1. The topological polar surface area (TPSA) is 62.0 Å². The fraction of sp³-hybridized carbons (Fsp3) is 0.0500. The van der Waals surface area contributed by atoms with Gasteiger partial charge >= 0.3 is 0 Å². The fourth-order valence-corrected chi connectivity index (χ4v) is 2.83. The molecule has 2 N–H and O–H groups in total. The molecule has 3 rings (SSSR count). The molecule has 3 aromatic carbocycles. The Morgan fingerprint density at radius 1 is 0.920 bits per heavy atom. The summed E-state index contributed by atoms with van der Waals surface area (Å²) in [5.74, 6) is 0.705. The van der Waals surface area contributed by atoms with Gasteiger partial charge in [-0.3, -0.25) is 4.99 Å². The van der Waals surface area contributed by atoms with Crippen molar-refractivity contribution in [3.8, 4) is 28.4 Å². The van der Waals surface area contributed by atoms with E-state index in [-0.39, 0.29) is 11.5 Å². The third-order valence-corrected chi connectivity index (χ3v) is 4.31. The molecule has 4 nitrogen and oxygen atoms in total. The zero-order chi connectivity index (χ0) is 17.8. The normalized spacial score (nSPS) is 11.0. The van der Waals surface area contributed by atoms with Gasteiger partial charge in [0.1, 0.15) is 5.75 Å². The molecular weight excluding hydrogens is 382 g/mol. The molecule has 0 spiro atoms. The summed E-state index contributed by atoms with van der Waals surface area (Å²) in [5.41, 5.74) is 3.70. The van der Waals surface area contributed by atoms with Crippen molar-refractivity contribution >= 4 is 27.8 Å². The summed E-state index contributed by atoms with van der Waals surface area (Å²) in [6.45, 7) is 0. The molecule has 25 heavy (non-hydrogen) atoms. The van der Waals surface area contributed by atoms with Gasteiger partial charge in [0, 0.05) is 6.21 Å². The second kappa shape index (κ2) is 7.40. The van der Waals surface area contributed by atoms with Gasteiger partial charge in [-0.25, -0.2) is 0 Å². The van der Waals surface area contributed by atoms with Gasteiger partial charge in [-0.2, -0.15) is 0 Å². The summed E-state index contributed by atoms with van der Waals surface area (Å²) in [6.07, 6.45) is 1.71. The summed E-state index contributed by atoms with van der Waals surface area (Å²) >= 11 is 3.29. The van der Waals surface area contributed by atoms with E-state index in [1.807, 2.05) is 36.4 Å². The average molecular weight is 398 g/mol. The van der Waals surface area contributed by atoms with E-state index >= 15 is 0 Å². The molecule has 0 fully saturated rings. The first-order valence-corrected chi connectivity index (χ1v) is 8.36. The summed E-state index contributed by atoms with van der Waals surface area (Å²) in [4.78, 5) is 4.45. The number of rotatable bonds is 4. The first kappa shape index (κ1) is 17.0. The molecular formula is C20H16BrNO3. The second-order valence-corrected chi connectivity index (χ2v) is 6.26. The maximum absolute atomic E-state index is 9.83. The third kappa shape index (κ3) is 4.00. The SMILES string of the molecule is COc1cc(C=Nc2ccc(-c3ccc(O)cc3)cc2)cc(Br)c1O. The molecule has 3 aromatic rings. The minimum Gasteiger partial charge on any atom is -0.508 e. The van der Waals surface area contributed by atoms with Crippen LogP contribution in [0.4, 0.5) is 5.69 Å². The molecule has 0 aliphatic heterocycles. The standard InChI is InChI=1S/C20H16BrNO3/c1-25-19-11-13(10-18(21)20(19)24)12-22-16-6-2-14(3-7-16)15-4-8-17(23)9-5-15/h2-12,23-24H,1H3. The van der Waals surface area contributed by atoms with E-state index in [4.69, 9.17) is 4.74 Å². The largest absolute Gasteiger partial charge is 0.508 e. The van der Waals surface area contributed by atoms with Crippen molar-refractivity contribution < 1.29 is 14.9 Å². The second-order valence-electron chi connectivity index (χ2n) is 5.41. The van der Waals surface area contributed by atoms with Crippen LogP contribution in [-0.2, 0) is 0 Å². The third-order valence-electron chi connectivity index (χ3n) is 3.70. The van der Waals surface area contributed by atoms with E-state index in [9.17, 15) is 10.2 Å². The van der Waals surface area contributed by atoms with Gasteiger partial charge in [0.25, 0.3) is 0 Å². The van der Waals surface area contributed by atoms with Gasteiger partial charge in [0.2, 0.25) is 0 Å². The lowest BCUT2D eigenvalue weighted by atomic mass is 10.1. The van der Waals surface area contributed by atoms with E-state index in [0.717, 1.165) is 22.4 Å². The van der Waals surface area contributed by atoms with Crippen LogP contribution in [-0.4, -0.2) is 23.5 Å². The van der Waals surface area contributed by atoms with Crippen LogP contribution < -0.4 is 4.74 Å². The monoisotopic (exact) mass is 397 g/mol. The summed E-state index contributed by atoms with van der Waals surface area (Å²) < 4.78 is 5.68. The Morgan fingerprint density at radius 3 is 2.12 bits per heavy atom. The van der Waals surface area contributed by atoms with Crippen molar-refractivity contribution in [1.29, 1.82) is 0 Å². The zero-order valence-electron chi connectivity index (χ0n) is 13.5.